The Labute approximate surface area is 261 Å². The first-order chi connectivity index (χ1) is 21.1. The monoisotopic (exact) mass is 623 g/mol. The lowest BCUT2D eigenvalue weighted by Crippen LogP contribution is -2.54. The zero-order valence-electron chi connectivity index (χ0n) is 25.6. The van der Waals surface area contributed by atoms with Gasteiger partial charge in [-0.15, -0.1) is 11.3 Å². The van der Waals surface area contributed by atoms with E-state index in [2.05, 4.69) is 31.3 Å². The quantitative estimate of drug-likeness (QED) is 0.333. The second kappa shape index (κ2) is 15.5. The summed E-state index contributed by atoms with van der Waals surface area (Å²) in [6, 6.07) is 7.08. The van der Waals surface area contributed by atoms with Gasteiger partial charge in [0.15, 0.2) is 5.82 Å². The Bertz CT molecular complexity index is 1410. The molecule has 0 unspecified atom stereocenters. The lowest BCUT2D eigenvalue weighted by molar-refractivity contribution is -0.132. The average molecular weight is 624 g/mol. The van der Waals surface area contributed by atoms with E-state index in [1.54, 1.807) is 20.0 Å². The first kappa shape index (κ1) is 32.7. The van der Waals surface area contributed by atoms with Gasteiger partial charge in [-0.25, -0.2) is 14.6 Å². The molecule has 0 aliphatic carbocycles. The summed E-state index contributed by atoms with van der Waals surface area (Å²) < 4.78 is 1.51. The highest BCUT2D eigenvalue weighted by Crippen LogP contribution is 2.19. The van der Waals surface area contributed by atoms with Gasteiger partial charge < -0.3 is 21.3 Å². The molecule has 0 spiro atoms. The third kappa shape index (κ3) is 9.41. The van der Waals surface area contributed by atoms with Crippen molar-refractivity contribution in [3.05, 3.63) is 52.7 Å². The van der Waals surface area contributed by atoms with Gasteiger partial charge >= 0.3 is 0 Å². The van der Waals surface area contributed by atoms with Gasteiger partial charge in [0.2, 0.25) is 23.6 Å². The maximum absolute atomic E-state index is 13.5. The van der Waals surface area contributed by atoms with E-state index in [-0.39, 0.29) is 30.8 Å². The van der Waals surface area contributed by atoms with Crippen molar-refractivity contribution in [2.24, 2.45) is 5.92 Å². The summed E-state index contributed by atoms with van der Waals surface area (Å²) in [6.45, 7) is 8.59. The molecule has 3 atom stereocenters. The summed E-state index contributed by atoms with van der Waals surface area (Å²) in [5.74, 6) is -0.484. The van der Waals surface area contributed by atoms with Crippen LogP contribution in [0.1, 0.15) is 57.4 Å². The second-order valence-corrected chi connectivity index (χ2v) is 12.3. The average Bonchev–Trinajstić information content (AvgIpc) is 3.64. The molecule has 3 aromatic rings. The number of hydrogen-bond donors (Lipinski definition) is 4. The lowest BCUT2D eigenvalue weighted by atomic mass is 10.0. The van der Waals surface area contributed by atoms with E-state index in [0.29, 0.717) is 44.1 Å². The molecule has 1 aliphatic heterocycles. The Morgan fingerprint density at radius 1 is 0.955 bits per heavy atom. The number of nitrogens with zero attached hydrogens (tertiary/aromatic N) is 5. The smallest absolute Gasteiger partial charge is 0.243 e. The van der Waals surface area contributed by atoms with Crippen LogP contribution < -0.4 is 21.3 Å². The first-order valence-electron chi connectivity index (χ1n) is 14.9. The Kier molecular flexibility index (Phi) is 11.6. The molecule has 0 saturated carbocycles. The van der Waals surface area contributed by atoms with Crippen molar-refractivity contribution >= 4 is 35.0 Å². The van der Waals surface area contributed by atoms with Crippen LogP contribution in [0.15, 0.2) is 41.9 Å². The molecule has 0 fully saturated rings. The topological polar surface area (TPSA) is 163 Å². The molecule has 13 nitrogen and oxygen atoms in total. The highest BCUT2D eigenvalue weighted by atomic mass is 32.1. The minimum absolute atomic E-state index is 0.0448. The minimum atomic E-state index is -0.859. The van der Waals surface area contributed by atoms with E-state index in [1.165, 1.54) is 16.0 Å². The predicted molar refractivity (Wildman–Crippen MR) is 166 cm³/mol. The molecule has 2 aromatic heterocycles. The van der Waals surface area contributed by atoms with Gasteiger partial charge in [-0.2, -0.15) is 5.10 Å². The van der Waals surface area contributed by atoms with Crippen molar-refractivity contribution in [3.63, 3.8) is 0 Å². The molecule has 0 bridgehead atoms. The fourth-order valence-electron chi connectivity index (χ4n) is 4.89. The molecular formula is C30H41N9O4S. The largest absolute Gasteiger partial charge is 0.354 e. The number of carbonyl (C=O) groups is 4. The van der Waals surface area contributed by atoms with Crippen molar-refractivity contribution in [3.8, 4) is 11.4 Å². The third-order valence-corrected chi connectivity index (χ3v) is 7.83. The maximum atomic E-state index is 13.5. The highest BCUT2D eigenvalue weighted by Gasteiger charge is 2.28. The third-order valence-electron chi connectivity index (χ3n) is 7.07. The summed E-state index contributed by atoms with van der Waals surface area (Å²) in [7, 11) is 0. The number of amides is 4. The van der Waals surface area contributed by atoms with Crippen LogP contribution in [-0.2, 0) is 32.3 Å². The van der Waals surface area contributed by atoms with Crippen LogP contribution in [0.25, 0.3) is 11.4 Å². The number of rotatable bonds is 5. The molecule has 44 heavy (non-hydrogen) atoms. The number of benzene rings is 1. The zero-order valence-corrected chi connectivity index (χ0v) is 26.4. The van der Waals surface area contributed by atoms with E-state index >= 15 is 0 Å². The predicted octanol–water partition coefficient (Wildman–Crippen LogP) is 1.64. The van der Waals surface area contributed by atoms with Crippen LogP contribution in [0, 0.1) is 5.92 Å². The molecular weight excluding hydrogens is 582 g/mol. The Morgan fingerprint density at radius 3 is 2.43 bits per heavy atom. The SMILES string of the molecule is CC(C)C[C@H]1NC(=O)[C@@H](C)NC(=O)CN(Cc2nccs2)CCCNC(=O)Cn2nc(-c3ccccc3)nc2[C@H](C)NC1=O. The van der Waals surface area contributed by atoms with Gasteiger partial charge in [0.25, 0.3) is 0 Å². The van der Waals surface area contributed by atoms with Crippen molar-refractivity contribution in [1.82, 2.24) is 45.9 Å². The van der Waals surface area contributed by atoms with Gasteiger partial charge in [-0.05, 0) is 32.6 Å². The van der Waals surface area contributed by atoms with Crippen LogP contribution in [0.2, 0.25) is 0 Å². The number of carbonyl (C=O) groups excluding carboxylic acids is 4. The van der Waals surface area contributed by atoms with E-state index in [9.17, 15) is 19.2 Å². The van der Waals surface area contributed by atoms with Crippen LogP contribution in [0.3, 0.4) is 0 Å². The van der Waals surface area contributed by atoms with Crippen LogP contribution >= 0.6 is 11.3 Å². The molecule has 4 amide bonds. The molecule has 1 aliphatic rings. The number of thiazole rings is 1. The van der Waals surface area contributed by atoms with Crippen LogP contribution in [-0.4, -0.2) is 80.0 Å². The summed E-state index contributed by atoms with van der Waals surface area (Å²) in [5.41, 5.74) is 0.780. The molecule has 1 aromatic carbocycles. The maximum Gasteiger partial charge on any atom is 0.243 e. The summed E-state index contributed by atoms with van der Waals surface area (Å²) in [6.07, 6.45) is 2.68. The molecule has 4 rings (SSSR count). The van der Waals surface area contributed by atoms with Crippen molar-refractivity contribution in [2.45, 2.75) is 71.8 Å². The van der Waals surface area contributed by atoms with Gasteiger partial charge in [-0.3, -0.25) is 24.1 Å². The van der Waals surface area contributed by atoms with E-state index in [1.807, 2.05) is 54.5 Å². The number of aromatic nitrogens is 4. The van der Waals surface area contributed by atoms with Gasteiger partial charge in [-0.1, -0.05) is 44.2 Å². The van der Waals surface area contributed by atoms with E-state index in [4.69, 9.17) is 4.98 Å². The van der Waals surface area contributed by atoms with Crippen molar-refractivity contribution in [2.75, 3.05) is 19.6 Å². The van der Waals surface area contributed by atoms with Gasteiger partial charge in [0.1, 0.15) is 29.5 Å². The molecule has 236 valence electrons. The van der Waals surface area contributed by atoms with E-state index < -0.39 is 29.9 Å². The van der Waals surface area contributed by atoms with Crippen molar-refractivity contribution in [1.29, 1.82) is 0 Å². The molecule has 0 saturated heterocycles. The van der Waals surface area contributed by atoms with Crippen LogP contribution in [0.5, 0.6) is 0 Å². The molecule has 14 heteroatoms. The first-order valence-corrected chi connectivity index (χ1v) is 15.7. The van der Waals surface area contributed by atoms with Crippen LogP contribution in [0.4, 0.5) is 0 Å². The molecule has 4 N–H and O–H groups in total. The Balaban J connectivity index is 1.60. The van der Waals surface area contributed by atoms with Crippen molar-refractivity contribution < 1.29 is 19.2 Å². The lowest BCUT2D eigenvalue weighted by Gasteiger charge is -2.25. The highest BCUT2D eigenvalue weighted by molar-refractivity contribution is 7.09. The normalized spacial score (nSPS) is 21.7. The number of hydrogen-bond acceptors (Lipinski definition) is 9. The number of fused-ring (bicyclic) bond motifs is 1. The van der Waals surface area contributed by atoms with E-state index in [0.717, 1.165) is 10.6 Å². The Morgan fingerprint density at radius 2 is 1.73 bits per heavy atom. The number of nitrogens with one attached hydrogen (secondary N) is 4. The standard InChI is InChI=1S/C30H41N9O4S/c1-19(2)15-23-30(43)34-20(3)28-36-27(22-9-6-5-7-10-22)37-39(28)17-24(40)31-11-8-13-38(18-26-32-12-14-44-26)16-25(41)33-21(4)29(42)35-23/h5-7,9-10,12,14,19-21,23H,8,11,13,15-18H2,1-4H3,(H,31,40)(H,33,41)(H,34,43)(H,35,42)/t20-,21+,23+/m0/s1. The second-order valence-electron chi connectivity index (χ2n) is 11.4. The van der Waals surface area contributed by atoms with Gasteiger partial charge in [0, 0.05) is 30.2 Å². The molecule has 3 heterocycles. The minimum Gasteiger partial charge on any atom is -0.354 e. The zero-order chi connectivity index (χ0) is 31.6. The molecule has 0 radical (unpaired) electrons. The Hall–Kier alpha value is -4.17. The summed E-state index contributed by atoms with van der Waals surface area (Å²) >= 11 is 1.49. The summed E-state index contributed by atoms with van der Waals surface area (Å²) in [5, 5.41) is 18.8. The fourth-order valence-corrected chi connectivity index (χ4v) is 5.55. The van der Waals surface area contributed by atoms with Gasteiger partial charge in [0.05, 0.1) is 19.1 Å². The fraction of sp³-hybridized carbons (Fsp3) is 0.500. The summed E-state index contributed by atoms with van der Waals surface area (Å²) in [4.78, 5) is 63.6.